The molecule has 5 rings (SSSR count). The molecular formula is C38H42F3N7O7. The van der Waals surface area contributed by atoms with E-state index in [4.69, 9.17) is 26.0 Å². The van der Waals surface area contributed by atoms with Gasteiger partial charge in [0, 0.05) is 29.4 Å². The van der Waals surface area contributed by atoms with Gasteiger partial charge in [-0.3, -0.25) is 14.2 Å². The molecule has 0 saturated heterocycles. The maximum atomic E-state index is 13.6. The van der Waals surface area contributed by atoms with Gasteiger partial charge in [-0.05, 0) is 48.6 Å². The van der Waals surface area contributed by atoms with Crippen LogP contribution < -0.4 is 27.7 Å². The van der Waals surface area contributed by atoms with E-state index >= 15 is 0 Å². The van der Waals surface area contributed by atoms with Crippen LogP contribution in [-0.2, 0) is 34.0 Å². The van der Waals surface area contributed by atoms with Crippen LogP contribution in [0.3, 0.4) is 0 Å². The van der Waals surface area contributed by atoms with Gasteiger partial charge in [0.05, 0.1) is 24.1 Å². The van der Waals surface area contributed by atoms with Crippen molar-refractivity contribution in [3.8, 4) is 11.3 Å². The Hall–Kier alpha value is -6.23. The van der Waals surface area contributed by atoms with E-state index in [-0.39, 0.29) is 49.6 Å². The Morgan fingerprint density at radius 3 is 2.33 bits per heavy atom. The van der Waals surface area contributed by atoms with E-state index in [0.29, 0.717) is 22.5 Å². The van der Waals surface area contributed by atoms with E-state index in [2.05, 4.69) is 20.6 Å². The monoisotopic (exact) mass is 765 g/mol. The van der Waals surface area contributed by atoms with Crippen molar-refractivity contribution in [2.45, 2.75) is 64.5 Å². The number of aliphatic hydroxyl groups excluding tert-OH is 1. The highest BCUT2D eigenvalue weighted by molar-refractivity contribution is 6.02. The van der Waals surface area contributed by atoms with Gasteiger partial charge in [0.1, 0.15) is 25.6 Å². The van der Waals surface area contributed by atoms with Crippen molar-refractivity contribution in [2.75, 3.05) is 24.3 Å². The molecule has 1 aliphatic carbocycles. The van der Waals surface area contributed by atoms with Gasteiger partial charge in [-0.25, -0.2) is 14.6 Å². The highest BCUT2D eigenvalue weighted by Gasteiger charge is 2.25. The number of hydrogen-bond acceptors (Lipinski definition) is 10. The number of carbonyl (C=O) groups is 3. The molecular weight excluding hydrogens is 723 g/mol. The van der Waals surface area contributed by atoms with E-state index in [9.17, 15) is 32.3 Å². The van der Waals surface area contributed by atoms with Gasteiger partial charge in [0.2, 0.25) is 5.91 Å². The molecule has 1 fully saturated rings. The van der Waals surface area contributed by atoms with Crippen molar-refractivity contribution in [2.24, 2.45) is 10.7 Å². The molecule has 2 amide bonds. The van der Waals surface area contributed by atoms with Gasteiger partial charge in [-0.2, -0.15) is 18.2 Å². The second kappa shape index (κ2) is 19.7. The predicted octanol–water partition coefficient (Wildman–Crippen LogP) is 4.92. The summed E-state index contributed by atoms with van der Waals surface area (Å²) in [7, 11) is 0. The first-order chi connectivity index (χ1) is 26.3. The van der Waals surface area contributed by atoms with Crippen LogP contribution in [0.15, 0.2) is 88.8 Å². The number of unbranched alkanes of at least 4 members (excludes halogenated alkanes) is 1. The Labute approximate surface area is 314 Å². The van der Waals surface area contributed by atoms with Gasteiger partial charge in [-0.1, -0.05) is 67.9 Å². The lowest BCUT2D eigenvalue weighted by molar-refractivity contribution is -0.159. The fourth-order valence-corrected chi connectivity index (χ4v) is 4.81. The van der Waals surface area contributed by atoms with Crippen molar-refractivity contribution in [1.82, 2.24) is 14.9 Å². The van der Waals surface area contributed by atoms with Crippen LogP contribution in [-0.4, -0.2) is 63.9 Å². The van der Waals surface area contributed by atoms with Gasteiger partial charge in [0.15, 0.2) is 5.82 Å². The number of anilines is 2. The number of ether oxygens (including phenoxy) is 2. The highest BCUT2D eigenvalue weighted by atomic mass is 19.4. The molecule has 0 radical (unpaired) electrons. The summed E-state index contributed by atoms with van der Waals surface area (Å²) in [6.07, 6.45) is -0.261. The van der Waals surface area contributed by atoms with Crippen molar-refractivity contribution in [1.29, 1.82) is 0 Å². The second-order valence-corrected chi connectivity index (χ2v) is 12.4. The van der Waals surface area contributed by atoms with Gasteiger partial charge in [-0.15, -0.1) is 0 Å². The molecule has 14 nitrogen and oxygen atoms in total. The number of aliphatic imine (C=N–C) groups is 1. The summed E-state index contributed by atoms with van der Waals surface area (Å²) in [6, 6.07) is 20.9. The highest BCUT2D eigenvalue weighted by Crippen LogP contribution is 2.26. The van der Waals surface area contributed by atoms with Crippen LogP contribution in [0.2, 0.25) is 0 Å². The molecule has 0 atom stereocenters. The quantitative estimate of drug-likeness (QED) is 0.0382. The van der Waals surface area contributed by atoms with E-state index in [1.54, 1.807) is 36.4 Å². The number of esters is 1. The molecule has 0 spiro atoms. The number of amidine groups is 1. The van der Waals surface area contributed by atoms with Crippen LogP contribution in [0.1, 0.15) is 59.7 Å². The van der Waals surface area contributed by atoms with Crippen LogP contribution in [0.25, 0.3) is 11.3 Å². The zero-order chi connectivity index (χ0) is 40.0. The molecule has 55 heavy (non-hydrogen) atoms. The van der Waals surface area contributed by atoms with E-state index in [0.717, 1.165) is 36.8 Å². The molecule has 4 aromatic rings. The third kappa shape index (κ3) is 13.6. The van der Waals surface area contributed by atoms with E-state index in [1.165, 1.54) is 16.8 Å². The molecule has 1 heterocycles. The summed E-state index contributed by atoms with van der Waals surface area (Å²) in [5.41, 5.74) is 15.0. The molecule has 3 aromatic carbocycles. The SMILES string of the molecule is CCCCOC(=O)c1cc(N)cc(-c2cnc(NC3CC3)c(=O)n2CC(=O)NCc2ccc(/C(N)=N/C(=O)OCc3ccccc3)cc2)c1.OCC(F)(F)F. The Kier molecular flexibility index (Phi) is 14.9. The molecule has 1 aliphatic rings. The third-order valence-electron chi connectivity index (χ3n) is 7.83. The minimum absolute atomic E-state index is 0.00669. The first kappa shape index (κ1) is 41.5. The summed E-state index contributed by atoms with van der Waals surface area (Å²) in [6.45, 7) is 0.464. The number of nitrogens with zero attached hydrogens (tertiary/aromatic N) is 3. The minimum atomic E-state index is -4.40. The number of halogens is 3. The smallest absolute Gasteiger partial charge is 0.435 e. The number of hydrogen-bond donors (Lipinski definition) is 5. The minimum Gasteiger partial charge on any atom is -0.462 e. The number of benzene rings is 3. The number of aliphatic hydroxyl groups is 1. The Bertz CT molecular complexity index is 2020. The number of nitrogens with two attached hydrogens (primary N) is 2. The van der Waals surface area contributed by atoms with Gasteiger partial charge in [0.25, 0.3) is 5.56 Å². The van der Waals surface area contributed by atoms with Crippen LogP contribution in [0.4, 0.5) is 29.5 Å². The molecule has 0 unspecified atom stereocenters. The Morgan fingerprint density at radius 2 is 1.69 bits per heavy atom. The molecule has 0 aliphatic heterocycles. The first-order valence-corrected chi connectivity index (χ1v) is 17.3. The standard InChI is InChI=1S/C36H39N7O6.C2H3F3O/c1-2-3-15-48-35(46)27-16-26(17-28(37)18-27)30-20-40-33(41-29-13-14-29)34(45)43(30)21-31(44)39-19-23-9-11-25(12-10-23)32(38)42-36(47)49-22-24-7-5-4-6-8-24;3-2(4,5)1-6/h4-12,16-18,20,29H,2-3,13-15,19,21-22,37H2,1H3,(H,39,44)(H,40,41)(H2,38,42,47);6H,1H2. The number of carbonyl (C=O) groups excluding carboxylic acids is 3. The lowest BCUT2D eigenvalue weighted by Gasteiger charge is -2.16. The number of amides is 2. The summed E-state index contributed by atoms with van der Waals surface area (Å²) >= 11 is 0. The van der Waals surface area contributed by atoms with Crippen molar-refractivity contribution in [3.05, 3.63) is 112 Å². The number of nitrogens with one attached hydrogen (secondary N) is 2. The summed E-state index contributed by atoms with van der Waals surface area (Å²) in [5.74, 6) is -0.828. The Morgan fingerprint density at radius 1 is 1.00 bits per heavy atom. The Balaban J connectivity index is 0.00000104. The topological polar surface area (TPSA) is 213 Å². The second-order valence-electron chi connectivity index (χ2n) is 12.4. The lowest BCUT2D eigenvalue weighted by atomic mass is 10.1. The number of rotatable bonds is 14. The molecule has 1 aromatic heterocycles. The molecule has 7 N–H and O–H groups in total. The van der Waals surface area contributed by atoms with E-state index in [1.807, 2.05) is 37.3 Å². The molecule has 292 valence electrons. The predicted molar refractivity (Wildman–Crippen MR) is 199 cm³/mol. The molecule has 17 heteroatoms. The van der Waals surface area contributed by atoms with Crippen LogP contribution in [0, 0.1) is 0 Å². The van der Waals surface area contributed by atoms with Crippen molar-refractivity contribution in [3.63, 3.8) is 0 Å². The normalized spacial score (nSPS) is 12.6. The lowest BCUT2D eigenvalue weighted by Crippen LogP contribution is -2.34. The van der Waals surface area contributed by atoms with Crippen molar-refractivity contribution < 1.29 is 42.1 Å². The maximum Gasteiger partial charge on any atom is 0.435 e. The summed E-state index contributed by atoms with van der Waals surface area (Å²) < 4.78 is 43.4. The number of aromatic nitrogens is 2. The summed E-state index contributed by atoms with van der Waals surface area (Å²) in [5, 5.41) is 13.2. The molecule has 1 saturated carbocycles. The largest absolute Gasteiger partial charge is 0.462 e. The van der Waals surface area contributed by atoms with Crippen LogP contribution >= 0.6 is 0 Å². The van der Waals surface area contributed by atoms with E-state index < -0.39 is 36.3 Å². The van der Waals surface area contributed by atoms with Crippen molar-refractivity contribution >= 4 is 35.3 Å². The zero-order valence-electron chi connectivity index (χ0n) is 30.0. The average Bonchev–Trinajstić information content (AvgIpc) is 3.99. The summed E-state index contributed by atoms with van der Waals surface area (Å²) in [4.78, 5) is 59.8. The number of alkyl halides is 3. The van der Waals surface area contributed by atoms with Gasteiger partial charge >= 0.3 is 18.2 Å². The third-order valence-corrected chi connectivity index (χ3v) is 7.83. The maximum absolute atomic E-state index is 13.6. The van der Waals surface area contributed by atoms with Crippen LogP contribution in [0.5, 0.6) is 0 Å². The fraction of sp³-hybridized carbons (Fsp3) is 0.316. The first-order valence-electron chi connectivity index (χ1n) is 17.3. The van der Waals surface area contributed by atoms with Gasteiger partial charge < -0.3 is 36.7 Å². The molecule has 0 bridgehead atoms. The zero-order valence-corrected chi connectivity index (χ0v) is 30.0. The number of nitrogen functional groups attached to an aromatic ring is 1. The average molecular weight is 766 g/mol. The fourth-order valence-electron chi connectivity index (χ4n) is 4.81.